The second kappa shape index (κ2) is 5.93. The first-order chi connectivity index (χ1) is 5.63. The largest absolute Gasteiger partial charge is 0.465 e. The highest BCUT2D eigenvalue weighted by Gasteiger charge is 2.22. The van der Waals surface area contributed by atoms with Crippen LogP contribution in [0.3, 0.4) is 0 Å². The SMILES string of the molecule is CCOC(=O)[C@H](N)[C@H](O)CCN. The van der Waals surface area contributed by atoms with E-state index in [9.17, 15) is 9.90 Å². The van der Waals surface area contributed by atoms with Gasteiger partial charge in [0.1, 0.15) is 6.04 Å². The van der Waals surface area contributed by atoms with Gasteiger partial charge in [-0.15, -0.1) is 0 Å². The Morgan fingerprint density at radius 2 is 2.25 bits per heavy atom. The van der Waals surface area contributed by atoms with Gasteiger partial charge in [0.05, 0.1) is 12.7 Å². The van der Waals surface area contributed by atoms with Crippen molar-refractivity contribution in [1.29, 1.82) is 0 Å². The van der Waals surface area contributed by atoms with Crippen LogP contribution < -0.4 is 11.5 Å². The molecule has 0 aliphatic carbocycles. The van der Waals surface area contributed by atoms with Crippen LogP contribution in [0.15, 0.2) is 0 Å². The highest BCUT2D eigenvalue weighted by molar-refractivity contribution is 5.76. The lowest BCUT2D eigenvalue weighted by atomic mass is 10.1. The van der Waals surface area contributed by atoms with E-state index in [1.165, 1.54) is 0 Å². The molecule has 0 radical (unpaired) electrons. The maximum atomic E-state index is 10.9. The summed E-state index contributed by atoms with van der Waals surface area (Å²) in [5.41, 5.74) is 10.5. The van der Waals surface area contributed by atoms with Crippen LogP contribution in [0.5, 0.6) is 0 Å². The molecule has 0 saturated heterocycles. The van der Waals surface area contributed by atoms with Gasteiger partial charge in [-0.2, -0.15) is 0 Å². The molecular formula is C7H16N2O3. The summed E-state index contributed by atoms with van der Waals surface area (Å²) in [6.45, 7) is 2.25. The smallest absolute Gasteiger partial charge is 0.325 e. The summed E-state index contributed by atoms with van der Waals surface area (Å²) in [6, 6.07) is -0.978. The van der Waals surface area contributed by atoms with Crippen LogP contribution in [-0.2, 0) is 9.53 Å². The number of carbonyl (C=O) groups is 1. The lowest BCUT2D eigenvalue weighted by molar-refractivity contribution is -0.147. The van der Waals surface area contributed by atoms with Gasteiger partial charge in [-0.05, 0) is 19.9 Å². The molecule has 5 nitrogen and oxygen atoms in total. The van der Waals surface area contributed by atoms with Crippen LogP contribution in [0.25, 0.3) is 0 Å². The lowest BCUT2D eigenvalue weighted by Gasteiger charge is -2.15. The summed E-state index contributed by atoms with van der Waals surface area (Å²) < 4.78 is 4.61. The van der Waals surface area contributed by atoms with Crippen molar-refractivity contribution in [2.45, 2.75) is 25.5 Å². The van der Waals surface area contributed by atoms with E-state index in [0.29, 0.717) is 13.0 Å². The van der Waals surface area contributed by atoms with Crippen LogP contribution >= 0.6 is 0 Å². The molecule has 5 N–H and O–H groups in total. The molecule has 0 aliphatic rings. The Balaban J connectivity index is 3.82. The zero-order chi connectivity index (χ0) is 9.56. The Bertz CT molecular complexity index is 141. The third-order valence-electron chi connectivity index (χ3n) is 1.44. The van der Waals surface area contributed by atoms with Crippen molar-refractivity contribution in [3.8, 4) is 0 Å². The predicted molar refractivity (Wildman–Crippen MR) is 44.3 cm³/mol. The van der Waals surface area contributed by atoms with Crippen LogP contribution in [0.2, 0.25) is 0 Å². The number of hydrogen-bond acceptors (Lipinski definition) is 5. The minimum Gasteiger partial charge on any atom is -0.465 e. The van der Waals surface area contributed by atoms with Gasteiger partial charge in [-0.3, -0.25) is 4.79 Å². The number of carbonyl (C=O) groups excluding carboxylic acids is 1. The molecule has 0 rings (SSSR count). The number of hydrogen-bond donors (Lipinski definition) is 3. The van der Waals surface area contributed by atoms with Crippen LogP contribution in [-0.4, -0.2) is 36.4 Å². The molecule has 0 aromatic carbocycles. The van der Waals surface area contributed by atoms with E-state index in [4.69, 9.17) is 11.5 Å². The first-order valence-electron chi connectivity index (χ1n) is 3.93. The Labute approximate surface area is 71.7 Å². The van der Waals surface area contributed by atoms with E-state index in [0.717, 1.165) is 0 Å². The van der Waals surface area contributed by atoms with Crippen LogP contribution in [0, 0.1) is 0 Å². The van der Waals surface area contributed by atoms with Crippen molar-refractivity contribution >= 4 is 5.97 Å². The quantitative estimate of drug-likeness (QED) is 0.447. The molecule has 0 spiro atoms. The fourth-order valence-electron chi connectivity index (χ4n) is 0.746. The number of ether oxygens (including phenoxy) is 1. The van der Waals surface area contributed by atoms with Gasteiger partial charge in [-0.25, -0.2) is 0 Å². The standard InChI is InChI=1S/C7H16N2O3/c1-2-12-7(11)6(9)5(10)3-4-8/h5-6,10H,2-4,8-9H2,1H3/t5-,6-/m1/s1. The molecule has 72 valence electrons. The zero-order valence-electron chi connectivity index (χ0n) is 7.19. The average molecular weight is 176 g/mol. The normalized spacial score (nSPS) is 15.3. The van der Waals surface area contributed by atoms with Crippen molar-refractivity contribution < 1.29 is 14.6 Å². The van der Waals surface area contributed by atoms with E-state index < -0.39 is 18.1 Å². The van der Waals surface area contributed by atoms with Gasteiger partial charge in [0.15, 0.2) is 0 Å². The molecule has 0 amide bonds. The van der Waals surface area contributed by atoms with Crippen molar-refractivity contribution in [3.63, 3.8) is 0 Å². The molecule has 0 unspecified atom stereocenters. The van der Waals surface area contributed by atoms with Gasteiger partial charge in [0, 0.05) is 0 Å². The number of aliphatic hydroxyl groups is 1. The Morgan fingerprint density at radius 3 is 2.67 bits per heavy atom. The molecule has 0 aromatic heterocycles. The van der Waals surface area contributed by atoms with E-state index in [-0.39, 0.29) is 6.61 Å². The van der Waals surface area contributed by atoms with Crippen molar-refractivity contribution in [2.75, 3.05) is 13.2 Å². The number of nitrogens with two attached hydrogens (primary N) is 2. The minimum atomic E-state index is -0.978. The molecule has 0 bridgehead atoms. The maximum Gasteiger partial charge on any atom is 0.325 e. The molecule has 0 heterocycles. The van der Waals surface area contributed by atoms with Crippen molar-refractivity contribution in [2.24, 2.45) is 11.5 Å². The maximum absolute atomic E-state index is 10.9. The zero-order valence-corrected chi connectivity index (χ0v) is 7.19. The van der Waals surface area contributed by atoms with E-state index in [1.54, 1.807) is 6.92 Å². The summed E-state index contributed by atoms with van der Waals surface area (Å²) >= 11 is 0. The number of rotatable bonds is 5. The molecular weight excluding hydrogens is 160 g/mol. The van der Waals surface area contributed by atoms with Gasteiger partial charge in [-0.1, -0.05) is 0 Å². The van der Waals surface area contributed by atoms with Crippen LogP contribution in [0.1, 0.15) is 13.3 Å². The first-order valence-corrected chi connectivity index (χ1v) is 3.93. The molecule has 0 aliphatic heterocycles. The third-order valence-corrected chi connectivity index (χ3v) is 1.44. The molecule has 5 heteroatoms. The fourth-order valence-corrected chi connectivity index (χ4v) is 0.746. The van der Waals surface area contributed by atoms with E-state index >= 15 is 0 Å². The lowest BCUT2D eigenvalue weighted by Crippen LogP contribution is -2.43. The average Bonchev–Trinajstić information content (AvgIpc) is 2.04. The summed E-state index contributed by atoms with van der Waals surface area (Å²) in [5, 5.41) is 9.21. The second-order valence-electron chi connectivity index (χ2n) is 2.42. The Hall–Kier alpha value is -0.650. The molecule has 12 heavy (non-hydrogen) atoms. The highest BCUT2D eigenvalue weighted by Crippen LogP contribution is 1.97. The Kier molecular flexibility index (Phi) is 5.61. The first kappa shape index (κ1) is 11.4. The molecule has 0 saturated carbocycles. The molecule has 0 aromatic rings. The molecule has 0 fully saturated rings. The van der Waals surface area contributed by atoms with Gasteiger partial charge in [0.2, 0.25) is 0 Å². The predicted octanol–water partition coefficient (Wildman–Crippen LogP) is -1.41. The monoisotopic (exact) mass is 176 g/mol. The van der Waals surface area contributed by atoms with Crippen LogP contribution in [0.4, 0.5) is 0 Å². The van der Waals surface area contributed by atoms with Crippen molar-refractivity contribution in [1.82, 2.24) is 0 Å². The summed E-state index contributed by atoms with van der Waals surface area (Å²) in [6.07, 6.45) is -0.603. The van der Waals surface area contributed by atoms with Gasteiger partial charge in [0.25, 0.3) is 0 Å². The van der Waals surface area contributed by atoms with Crippen molar-refractivity contribution in [3.05, 3.63) is 0 Å². The molecule has 2 atom stereocenters. The second-order valence-corrected chi connectivity index (χ2v) is 2.42. The van der Waals surface area contributed by atoms with E-state index in [2.05, 4.69) is 4.74 Å². The fraction of sp³-hybridized carbons (Fsp3) is 0.857. The number of aliphatic hydroxyl groups excluding tert-OH is 1. The summed E-state index contributed by atoms with van der Waals surface area (Å²) in [7, 11) is 0. The van der Waals surface area contributed by atoms with E-state index in [1.807, 2.05) is 0 Å². The highest BCUT2D eigenvalue weighted by atomic mass is 16.5. The Morgan fingerprint density at radius 1 is 1.67 bits per heavy atom. The number of esters is 1. The minimum absolute atomic E-state index is 0.266. The summed E-state index contributed by atoms with van der Waals surface area (Å²) in [4.78, 5) is 10.9. The topological polar surface area (TPSA) is 98.6 Å². The third kappa shape index (κ3) is 3.66. The van der Waals surface area contributed by atoms with Gasteiger partial charge < -0.3 is 21.3 Å². The summed E-state index contributed by atoms with van der Waals surface area (Å²) in [5.74, 6) is -0.585. The van der Waals surface area contributed by atoms with Gasteiger partial charge >= 0.3 is 5.97 Å².